The predicted molar refractivity (Wildman–Crippen MR) is 137 cm³/mol. The summed E-state index contributed by atoms with van der Waals surface area (Å²) in [4.78, 5) is 15.6. The van der Waals surface area contributed by atoms with Crippen LogP contribution >= 0.6 is 0 Å². The zero-order chi connectivity index (χ0) is 24.4. The van der Waals surface area contributed by atoms with Crippen LogP contribution < -0.4 is 19.3 Å². The second-order valence-electron chi connectivity index (χ2n) is 8.82. The van der Waals surface area contributed by atoms with Crippen LogP contribution in [-0.2, 0) is 23.0 Å². The number of rotatable bonds is 7. The summed E-state index contributed by atoms with van der Waals surface area (Å²) in [6, 6.07) is 20.0. The summed E-state index contributed by atoms with van der Waals surface area (Å²) in [5.74, 6) is -0.0481. The zero-order valence-corrected chi connectivity index (χ0v) is 20.6. The Hall–Kier alpha value is -3.52. The number of sulfonamides is 1. The molecule has 7 nitrogen and oxygen atoms in total. The Kier molecular flexibility index (Phi) is 6.38. The number of anilines is 2. The maximum atomic E-state index is 13.5. The molecule has 3 aromatic rings. The molecule has 2 aliphatic rings. The standard InChI is InChI=1S/C27H29N3O4S/c1-34-26-13-12-22(35(32,33)30-17-14-20-8-2-5-11-25(20)30)18-23(26)27(31)28-19-21-9-3-4-10-24(21)29-15-6-7-16-29/h2-5,8-13,18H,6-7,14-17,19H2,1H3,(H,28,31). The number of carbonyl (C=O) groups is 1. The van der Waals surface area contributed by atoms with Crippen LogP contribution in [0, 0.1) is 0 Å². The molecular weight excluding hydrogens is 462 g/mol. The first-order valence-corrected chi connectivity index (χ1v) is 13.3. The minimum Gasteiger partial charge on any atom is -0.496 e. The van der Waals surface area contributed by atoms with Crippen LogP contribution in [0.3, 0.4) is 0 Å². The number of hydrogen-bond donors (Lipinski definition) is 1. The topological polar surface area (TPSA) is 79.0 Å². The molecule has 35 heavy (non-hydrogen) atoms. The third kappa shape index (κ3) is 4.46. The Bertz CT molecular complexity index is 1350. The van der Waals surface area contributed by atoms with Crippen LogP contribution in [0.15, 0.2) is 71.6 Å². The fourth-order valence-corrected chi connectivity index (χ4v) is 6.44. The van der Waals surface area contributed by atoms with Crippen molar-refractivity contribution in [1.29, 1.82) is 0 Å². The van der Waals surface area contributed by atoms with Gasteiger partial charge in [0.05, 0.1) is 23.3 Å². The van der Waals surface area contributed by atoms with Gasteiger partial charge in [-0.25, -0.2) is 8.42 Å². The summed E-state index contributed by atoms with van der Waals surface area (Å²) in [6.07, 6.45) is 3.00. The minimum atomic E-state index is -3.83. The van der Waals surface area contributed by atoms with Crippen LogP contribution in [-0.4, -0.2) is 41.1 Å². The lowest BCUT2D eigenvalue weighted by atomic mass is 10.1. The lowest BCUT2D eigenvalue weighted by Crippen LogP contribution is -2.30. The van der Waals surface area contributed by atoms with Crippen molar-refractivity contribution in [3.05, 3.63) is 83.4 Å². The van der Waals surface area contributed by atoms with E-state index in [1.807, 2.05) is 42.5 Å². The Morgan fingerprint density at radius 2 is 1.66 bits per heavy atom. The second-order valence-corrected chi connectivity index (χ2v) is 10.7. The highest BCUT2D eigenvalue weighted by Gasteiger charge is 2.31. The third-order valence-corrected chi connectivity index (χ3v) is 8.54. The summed E-state index contributed by atoms with van der Waals surface area (Å²) in [6.45, 7) is 2.74. The fraction of sp³-hybridized carbons (Fsp3) is 0.296. The van der Waals surface area contributed by atoms with Gasteiger partial charge in [0.15, 0.2) is 0 Å². The summed E-state index contributed by atoms with van der Waals surface area (Å²) in [5, 5.41) is 2.96. The van der Waals surface area contributed by atoms with Crippen molar-refractivity contribution < 1.29 is 17.9 Å². The van der Waals surface area contributed by atoms with Gasteiger partial charge in [-0.05, 0) is 60.7 Å². The molecule has 5 rings (SSSR count). The summed E-state index contributed by atoms with van der Waals surface area (Å²) in [7, 11) is -2.35. The molecule has 0 bridgehead atoms. The Balaban J connectivity index is 1.39. The molecule has 1 amide bonds. The molecule has 182 valence electrons. The van der Waals surface area contributed by atoms with E-state index in [9.17, 15) is 13.2 Å². The molecule has 0 atom stereocenters. The average Bonchev–Trinajstić information content (AvgIpc) is 3.58. The lowest BCUT2D eigenvalue weighted by Gasteiger charge is -2.22. The van der Waals surface area contributed by atoms with Crippen molar-refractivity contribution in [2.45, 2.75) is 30.7 Å². The van der Waals surface area contributed by atoms with Gasteiger partial charge < -0.3 is 15.0 Å². The molecule has 0 unspecified atom stereocenters. The van der Waals surface area contributed by atoms with Gasteiger partial charge in [0.2, 0.25) is 0 Å². The summed E-state index contributed by atoms with van der Waals surface area (Å²) < 4.78 is 33.8. The quantitative estimate of drug-likeness (QED) is 0.541. The van der Waals surface area contributed by atoms with Gasteiger partial charge in [-0.2, -0.15) is 0 Å². The number of fused-ring (bicyclic) bond motifs is 1. The van der Waals surface area contributed by atoms with Crippen molar-refractivity contribution in [2.24, 2.45) is 0 Å². The Morgan fingerprint density at radius 1 is 0.943 bits per heavy atom. The van der Waals surface area contributed by atoms with Gasteiger partial charge in [-0.1, -0.05) is 36.4 Å². The van der Waals surface area contributed by atoms with Gasteiger partial charge in [-0.15, -0.1) is 0 Å². The number of amides is 1. The first-order valence-electron chi connectivity index (χ1n) is 11.9. The molecule has 1 saturated heterocycles. The molecule has 8 heteroatoms. The minimum absolute atomic E-state index is 0.0672. The molecule has 1 fully saturated rings. The van der Waals surface area contributed by atoms with E-state index in [-0.39, 0.29) is 16.4 Å². The molecular formula is C27H29N3O4S. The Labute approximate surface area is 206 Å². The van der Waals surface area contributed by atoms with Gasteiger partial charge in [0, 0.05) is 31.9 Å². The maximum absolute atomic E-state index is 13.5. The molecule has 3 aromatic carbocycles. The van der Waals surface area contributed by atoms with Crippen molar-refractivity contribution >= 4 is 27.3 Å². The predicted octanol–water partition coefficient (Wildman–Crippen LogP) is 3.98. The number of ether oxygens (including phenoxy) is 1. The highest BCUT2D eigenvalue weighted by atomic mass is 32.2. The monoisotopic (exact) mass is 491 g/mol. The van der Waals surface area contributed by atoms with Crippen LogP contribution in [0.5, 0.6) is 5.75 Å². The van der Waals surface area contributed by atoms with Crippen LogP contribution in [0.4, 0.5) is 11.4 Å². The molecule has 2 aliphatic heterocycles. The van der Waals surface area contributed by atoms with E-state index >= 15 is 0 Å². The number of hydrogen-bond acceptors (Lipinski definition) is 5. The molecule has 2 heterocycles. The smallest absolute Gasteiger partial charge is 0.264 e. The number of methoxy groups -OCH3 is 1. The maximum Gasteiger partial charge on any atom is 0.264 e. The number of nitrogens with one attached hydrogen (secondary N) is 1. The summed E-state index contributed by atoms with van der Waals surface area (Å²) in [5.41, 5.74) is 4.03. The van der Waals surface area contributed by atoms with E-state index < -0.39 is 10.0 Å². The molecule has 0 aliphatic carbocycles. The van der Waals surface area contributed by atoms with Gasteiger partial charge in [0.1, 0.15) is 5.75 Å². The molecule has 0 aromatic heterocycles. The number of nitrogens with zero attached hydrogens (tertiary/aromatic N) is 2. The molecule has 1 N–H and O–H groups in total. The first-order chi connectivity index (χ1) is 17.0. The van der Waals surface area contributed by atoms with Crippen LogP contribution in [0.25, 0.3) is 0 Å². The van der Waals surface area contributed by atoms with Crippen molar-refractivity contribution in [3.8, 4) is 5.75 Å². The van der Waals surface area contributed by atoms with Crippen molar-refractivity contribution in [1.82, 2.24) is 5.32 Å². The Morgan fingerprint density at radius 3 is 2.43 bits per heavy atom. The number of para-hydroxylation sites is 2. The molecule has 0 saturated carbocycles. The van der Waals surface area contributed by atoms with E-state index in [1.54, 1.807) is 6.07 Å². The van der Waals surface area contributed by atoms with Crippen LogP contribution in [0.1, 0.15) is 34.3 Å². The van der Waals surface area contributed by atoms with E-state index in [2.05, 4.69) is 16.3 Å². The summed E-state index contributed by atoms with van der Waals surface area (Å²) >= 11 is 0. The van der Waals surface area contributed by atoms with Crippen molar-refractivity contribution in [3.63, 3.8) is 0 Å². The lowest BCUT2D eigenvalue weighted by molar-refractivity contribution is 0.0947. The first kappa shape index (κ1) is 23.2. The van der Waals surface area contributed by atoms with E-state index in [4.69, 9.17) is 4.74 Å². The van der Waals surface area contributed by atoms with E-state index in [1.165, 1.54) is 36.4 Å². The fourth-order valence-electron chi connectivity index (χ4n) is 4.91. The van der Waals surface area contributed by atoms with Crippen LogP contribution in [0.2, 0.25) is 0 Å². The van der Waals surface area contributed by atoms with E-state index in [0.29, 0.717) is 30.9 Å². The average molecular weight is 492 g/mol. The van der Waals surface area contributed by atoms with E-state index in [0.717, 1.165) is 29.9 Å². The highest BCUT2D eigenvalue weighted by molar-refractivity contribution is 7.92. The number of carbonyl (C=O) groups excluding carboxylic acids is 1. The van der Waals surface area contributed by atoms with Gasteiger partial charge in [0.25, 0.3) is 15.9 Å². The second kappa shape index (κ2) is 9.62. The zero-order valence-electron chi connectivity index (χ0n) is 19.7. The van der Waals surface area contributed by atoms with Gasteiger partial charge in [-0.3, -0.25) is 9.10 Å². The normalized spacial score (nSPS) is 15.2. The number of benzene rings is 3. The molecule has 0 spiro atoms. The van der Waals surface area contributed by atoms with Crippen molar-refractivity contribution in [2.75, 3.05) is 35.9 Å². The van der Waals surface area contributed by atoms with Gasteiger partial charge >= 0.3 is 0 Å². The largest absolute Gasteiger partial charge is 0.496 e. The molecule has 0 radical (unpaired) electrons. The third-order valence-electron chi connectivity index (χ3n) is 6.73. The highest BCUT2D eigenvalue weighted by Crippen LogP contribution is 2.34. The SMILES string of the molecule is COc1ccc(S(=O)(=O)N2CCc3ccccc32)cc1C(=O)NCc1ccccc1N1CCCC1.